The lowest BCUT2D eigenvalue weighted by molar-refractivity contribution is 0.260. The maximum absolute atomic E-state index is 9.00. The highest BCUT2D eigenvalue weighted by Gasteiger charge is 2.18. The van der Waals surface area contributed by atoms with Gasteiger partial charge in [-0.1, -0.05) is 13.8 Å². The molecule has 0 unspecified atom stereocenters. The fourth-order valence-electron chi connectivity index (χ4n) is 1.60. The zero-order chi connectivity index (χ0) is 13.1. The van der Waals surface area contributed by atoms with E-state index in [-0.39, 0.29) is 12.1 Å². The molecule has 0 spiro atoms. The molecule has 2 N–H and O–H groups in total. The van der Waals surface area contributed by atoms with Crippen LogP contribution in [-0.2, 0) is 0 Å². The summed E-state index contributed by atoms with van der Waals surface area (Å²) >= 11 is 0. The molecular weight excluding hydrogens is 214 g/mol. The molecule has 0 saturated carbocycles. The Kier molecular flexibility index (Phi) is 4.46. The molecule has 0 radical (unpaired) electrons. The minimum Gasteiger partial charge on any atom is -0.396 e. The summed E-state index contributed by atoms with van der Waals surface area (Å²) in [5.41, 5.74) is 0.801. The fraction of sp³-hybridized carbons (Fsp3) is 0.692. The third kappa shape index (κ3) is 4.30. The highest BCUT2D eigenvalue weighted by molar-refractivity contribution is 5.38. The van der Waals surface area contributed by atoms with Crippen molar-refractivity contribution in [3.63, 3.8) is 0 Å². The fourth-order valence-corrected chi connectivity index (χ4v) is 1.60. The summed E-state index contributed by atoms with van der Waals surface area (Å²) < 4.78 is 0. The van der Waals surface area contributed by atoms with Crippen molar-refractivity contribution in [2.24, 2.45) is 0 Å². The first kappa shape index (κ1) is 13.9. The van der Waals surface area contributed by atoms with Gasteiger partial charge >= 0.3 is 0 Å². The van der Waals surface area contributed by atoms with Gasteiger partial charge in [-0.2, -0.15) is 0 Å². The SMILES string of the molecule is Cc1cc(NC(C)(C)CCO)nc(C(C)C)n1. The molecule has 1 aromatic heterocycles. The van der Waals surface area contributed by atoms with Gasteiger partial charge in [-0.25, -0.2) is 9.97 Å². The van der Waals surface area contributed by atoms with Crippen LogP contribution in [0, 0.1) is 6.92 Å². The molecule has 4 nitrogen and oxygen atoms in total. The molecule has 1 heterocycles. The highest BCUT2D eigenvalue weighted by Crippen LogP contribution is 2.19. The average molecular weight is 237 g/mol. The molecule has 17 heavy (non-hydrogen) atoms. The van der Waals surface area contributed by atoms with Crippen LogP contribution in [-0.4, -0.2) is 27.2 Å². The molecule has 0 aliphatic heterocycles. The molecule has 0 fully saturated rings. The number of hydrogen-bond acceptors (Lipinski definition) is 4. The smallest absolute Gasteiger partial charge is 0.133 e. The second kappa shape index (κ2) is 5.45. The van der Waals surface area contributed by atoms with E-state index < -0.39 is 0 Å². The number of aliphatic hydroxyl groups is 1. The van der Waals surface area contributed by atoms with Gasteiger partial charge < -0.3 is 10.4 Å². The van der Waals surface area contributed by atoms with E-state index >= 15 is 0 Å². The number of hydrogen-bond donors (Lipinski definition) is 2. The van der Waals surface area contributed by atoms with Crippen LogP contribution in [0.2, 0.25) is 0 Å². The summed E-state index contributed by atoms with van der Waals surface area (Å²) in [6.45, 7) is 10.4. The first-order valence-electron chi connectivity index (χ1n) is 6.08. The monoisotopic (exact) mass is 237 g/mol. The number of aliphatic hydroxyl groups excluding tert-OH is 1. The number of anilines is 1. The van der Waals surface area contributed by atoms with Crippen molar-refractivity contribution < 1.29 is 5.11 Å². The maximum atomic E-state index is 9.00. The number of nitrogens with zero attached hydrogens (tertiary/aromatic N) is 2. The zero-order valence-electron chi connectivity index (χ0n) is 11.4. The first-order valence-corrected chi connectivity index (χ1v) is 6.08. The van der Waals surface area contributed by atoms with Crippen LogP contribution in [0.4, 0.5) is 5.82 Å². The Morgan fingerprint density at radius 2 is 2.00 bits per heavy atom. The van der Waals surface area contributed by atoms with Gasteiger partial charge in [-0.3, -0.25) is 0 Å². The van der Waals surface area contributed by atoms with Crippen LogP contribution in [0.25, 0.3) is 0 Å². The van der Waals surface area contributed by atoms with Crippen molar-refractivity contribution >= 4 is 5.82 Å². The standard InChI is InChI=1S/C13H23N3O/c1-9(2)12-14-10(3)8-11(15-12)16-13(4,5)6-7-17/h8-9,17H,6-7H2,1-5H3,(H,14,15,16). The zero-order valence-corrected chi connectivity index (χ0v) is 11.4. The van der Waals surface area contributed by atoms with Gasteiger partial charge in [0.15, 0.2) is 0 Å². The molecule has 0 aliphatic rings. The summed E-state index contributed by atoms with van der Waals surface area (Å²) in [7, 11) is 0. The molecule has 96 valence electrons. The van der Waals surface area contributed by atoms with Crippen molar-refractivity contribution in [1.29, 1.82) is 0 Å². The molecule has 1 rings (SSSR count). The van der Waals surface area contributed by atoms with Crippen LogP contribution in [0.1, 0.15) is 51.6 Å². The Balaban J connectivity index is 2.91. The number of aromatic nitrogens is 2. The van der Waals surface area contributed by atoms with E-state index in [0.717, 1.165) is 17.3 Å². The Morgan fingerprint density at radius 3 is 2.53 bits per heavy atom. The summed E-state index contributed by atoms with van der Waals surface area (Å²) in [5, 5.41) is 12.3. The Hall–Kier alpha value is -1.16. The van der Waals surface area contributed by atoms with Gasteiger partial charge in [0.1, 0.15) is 11.6 Å². The number of rotatable bonds is 5. The third-order valence-electron chi connectivity index (χ3n) is 2.59. The molecule has 0 atom stereocenters. The predicted octanol–water partition coefficient (Wildman–Crippen LogP) is 2.48. The second-order valence-electron chi connectivity index (χ2n) is 5.39. The predicted molar refractivity (Wildman–Crippen MR) is 70.3 cm³/mol. The summed E-state index contributed by atoms with van der Waals surface area (Å²) in [5.74, 6) is 2.00. The average Bonchev–Trinajstić information content (AvgIpc) is 2.15. The van der Waals surface area contributed by atoms with Gasteiger partial charge in [-0.05, 0) is 27.2 Å². The van der Waals surface area contributed by atoms with Crippen LogP contribution in [0.5, 0.6) is 0 Å². The summed E-state index contributed by atoms with van der Waals surface area (Å²) in [6.07, 6.45) is 0.688. The minimum atomic E-state index is -0.163. The van der Waals surface area contributed by atoms with Gasteiger partial charge in [0.05, 0.1) is 0 Å². The molecule has 0 amide bonds. The van der Waals surface area contributed by atoms with Crippen LogP contribution in [0.3, 0.4) is 0 Å². The van der Waals surface area contributed by atoms with Crippen molar-refractivity contribution in [2.75, 3.05) is 11.9 Å². The largest absolute Gasteiger partial charge is 0.396 e. The van der Waals surface area contributed by atoms with E-state index in [1.807, 2.05) is 13.0 Å². The van der Waals surface area contributed by atoms with Crippen molar-refractivity contribution in [3.05, 3.63) is 17.6 Å². The molecular formula is C13H23N3O. The lowest BCUT2D eigenvalue weighted by Crippen LogP contribution is -2.32. The molecule has 4 heteroatoms. The molecule has 0 bridgehead atoms. The van der Waals surface area contributed by atoms with Gasteiger partial charge in [0.2, 0.25) is 0 Å². The van der Waals surface area contributed by atoms with Crippen LogP contribution in [0.15, 0.2) is 6.07 Å². The minimum absolute atomic E-state index is 0.163. The van der Waals surface area contributed by atoms with E-state index in [2.05, 4.69) is 43.0 Å². The van der Waals surface area contributed by atoms with E-state index in [1.54, 1.807) is 0 Å². The van der Waals surface area contributed by atoms with Crippen LogP contribution >= 0.6 is 0 Å². The van der Waals surface area contributed by atoms with Gasteiger partial charge in [0, 0.05) is 29.8 Å². The molecule has 0 aliphatic carbocycles. The topological polar surface area (TPSA) is 58.0 Å². The van der Waals surface area contributed by atoms with E-state index in [0.29, 0.717) is 12.3 Å². The van der Waals surface area contributed by atoms with Crippen molar-refractivity contribution in [1.82, 2.24) is 9.97 Å². The van der Waals surface area contributed by atoms with Crippen molar-refractivity contribution in [3.8, 4) is 0 Å². The van der Waals surface area contributed by atoms with E-state index in [4.69, 9.17) is 5.11 Å². The normalized spacial score (nSPS) is 11.9. The first-order chi connectivity index (χ1) is 7.84. The van der Waals surface area contributed by atoms with Crippen molar-refractivity contribution in [2.45, 2.75) is 52.5 Å². The Labute approximate surface area is 103 Å². The lowest BCUT2D eigenvalue weighted by atomic mass is 10.0. The van der Waals surface area contributed by atoms with E-state index in [1.165, 1.54) is 0 Å². The Bertz CT molecular complexity index is 375. The summed E-state index contributed by atoms with van der Waals surface area (Å²) in [6, 6.07) is 1.94. The Morgan fingerprint density at radius 1 is 1.35 bits per heavy atom. The highest BCUT2D eigenvalue weighted by atomic mass is 16.3. The quantitative estimate of drug-likeness (QED) is 0.826. The molecule has 0 aromatic carbocycles. The number of nitrogens with one attached hydrogen (secondary N) is 1. The van der Waals surface area contributed by atoms with Gasteiger partial charge in [0.25, 0.3) is 0 Å². The summed E-state index contributed by atoms with van der Waals surface area (Å²) in [4.78, 5) is 8.91. The second-order valence-corrected chi connectivity index (χ2v) is 5.39. The van der Waals surface area contributed by atoms with E-state index in [9.17, 15) is 0 Å². The third-order valence-corrected chi connectivity index (χ3v) is 2.59. The lowest BCUT2D eigenvalue weighted by Gasteiger charge is -2.26. The number of aryl methyl sites for hydroxylation is 1. The van der Waals surface area contributed by atoms with Gasteiger partial charge in [-0.15, -0.1) is 0 Å². The maximum Gasteiger partial charge on any atom is 0.133 e. The molecule has 1 aromatic rings. The molecule has 0 saturated heterocycles. The van der Waals surface area contributed by atoms with Crippen LogP contribution < -0.4 is 5.32 Å².